The number of nitrogens with one attached hydrogen (secondary N) is 1. The molecule has 0 saturated heterocycles. The Hall–Kier alpha value is -3.92. The van der Waals surface area contributed by atoms with E-state index >= 15 is 0 Å². The normalized spacial score (nSPS) is 16.4. The van der Waals surface area contributed by atoms with Gasteiger partial charge in [-0.15, -0.1) is 0 Å². The van der Waals surface area contributed by atoms with Gasteiger partial charge in [-0.25, -0.2) is 4.79 Å². The van der Waals surface area contributed by atoms with Crippen LogP contribution in [-0.2, 0) is 19.1 Å². The fourth-order valence-electron chi connectivity index (χ4n) is 3.47. The summed E-state index contributed by atoms with van der Waals surface area (Å²) in [5.74, 6) is -1.51. The fraction of sp³-hybridized carbons (Fsp3) is 0.333. The molecular formula is C24H26N2O8. The number of amides is 1. The van der Waals surface area contributed by atoms with Gasteiger partial charge in [-0.2, -0.15) is 0 Å². The number of fused-ring (bicyclic) bond motifs is 1. The number of rotatable bonds is 10. The zero-order valence-corrected chi connectivity index (χ0v) is 19.0. The predicted octanol–water partition coefficient (Wildman–Crippen LogP) is 1.67. The van der Waals surface area contributed by atoms with Crippen LogP contribution in [0.15, 0.2) is 62.5 Å². The van der Waals surface area contributed by atoms with E-state index in [1.54, 1.807) is 51.1 Å². The van der Waals surface area contributed by atoms with Gasteiger partial charge in [-0.3, -0.25) is 19.7 Å². The SMILES string of the molecule is CC(=CCOc1ccc2ccc(=O)oc2c1)C1=C(CNC(CC(N)=O)C(=O)O)C(=O)C(C)(C)O1. The zero-order chi connectivity index (χ0) is 25.0. The second-order valence-corrected chi connectivity index (χ2v) is 8.34. The molecule has 4 N–H and O–H groups in total. The molecule has 0 aliphatic carbocycles. The van der Waals surface area contributed by atoms with Crippen LogP contribution in [0.1, 0.15) is 27.2 Å². The van der Waals surface area contributed by atoms with Crippen LogP contribution in [0.4, 0.5) is 0 Å². The van der Waals surface area contributed by atoms with Gasteiger partial charge in [0.1, 0.15) is 29.7 Å². The number of carbonyl (C=O) groups is 3. The van der Waals surface area contributed by atoms with Crippen LogP contribution >= 0.6 is 0 Å². The first-order valence-corrected chi connectivity index (χ1v) is 10.5. The van der Waals surface area contributed by atoms with Crippen molar-refractivity contribution in [3.8, 4) is 5.75 Å². The Labute approximate surface area is 195 Å². The molecule has 1 atom stereocenters. The molecule has 2 heterocycles. The number of primary amides is 1. The number of benzene rings is 1. The van der Waals surface area contributed by atoms with Gasteiger partial charge in [-0.1, -0.05) is 0 Å². The van der Waals surface area contributed by atoms with Crippen LogP contribution in [-0.4, -0.2) is 47.6 Å². The minimum Gasteiger partial charge on any atom is -0.489 e. The van der Waals surface area contributed by atoms with Gasteiger partial charge in [0.05, 0.1) is 12.0 Å². The minimum absolute atomic E-state index is 0.114. The van der Waals surface area contributed by atoms with Crippen molar-refractivity contribution in [2.45, 2.75) is 38.8 Å². The lowest BCUT2D eigenvalue weighted by Crippen LogP contribution is -2.42. The summed E-state index contributed by atoms with van der Waals surface area (Å²) in [5.41, 5.74) is 4.81. The monoisotopic (exact) mass is 470 g/mol. The summed E-state index contributed by atoms with van der Waals surface area (Å²) in [6.07, 6.45) is 1.30. The lowest BCUT2D eigenvalue weighted by molar-refractivity contribution is -0.141. The standard InChI is InChI=1S/C24H26N2O8/c1-13(8-9-32-15-6-4-14-5-7-20(28)33-18(14)10-15)21-16(22(29)24(2,3)34-21)12-26-17(23(30)31)11-19(25)27/h4-8,10,17,26H,9,11-12H2,1-3H3,(H2,25,27)(H,30,31). The number of hydrogen-bond donors (Lipinski definition) is 3. The third-order valence-corrected chi connectivity index (χ3v) is 5.27. The summed E-state index contributed by atoms with van der Waals surface area (Å²) in [5, 5.41) is 12.7. The Morgan fingerprint density at radius 2 is 1.94 bits per heavy atom. The van der Waals surface area contributed by atoms with Crippen molar-refractivity contribution in [3.05, 3.63) is 63.7 Å². The Bertz CT molecular complexity index is 1260. The zero-order valence-electron chi connectivity index (χ0n) is 19.0. The summed E-state index contributed by atoms with van der Waals surface area (Å²) in [6.45, 7) is 5.00. The molecule has 10 heteroatoms. The molecule has 180 valence electrons. The number of allylic oxidation sites excluding steroid dienone is 1. The highest BCUT2D eigenvalue weighted by Crippen LogP contribution is 2.34. The smallest absolute Gasteiger partial charge is 0.336 e. The molecule has 1 amide bonds. The summed E-state index contributed by atoms with van der Waals surface area (Å²) < 4.78 is 16.7. The summed E-state index contributed by atoms with van der Waals surface area (Å²) in [4.78, 5) is 46.8. The fourth-order valence-corrected chi connectivity index (χ4v) is 3.47. The van der Waals surface area contributed by atoms with Crippen LogP contribution < -0.4 is 21.4 Å². The Morgan fingerprint density at radius 1 is 1.24 bits per heavy atom. The highest BCUT2D eigenvalue weighted by molar-refractivity contribution is 6.05. The number of ketones is 1. The average molecular weight is 470 g/mol. The van der Waals surface area contributed by atoms with Gasteiger partial charge < -0.3 is 24.7 Å². The number of ether oxygens (including phenoxy) is 2. The average Bonchev–Trinajstić information content (AvgIpc) is 2.99. The maximum absolute atomic E-state index is 12.8. The van der Waals surface area contributed by atoms with E-state index in [0.717, 1.165) is 5.39 Å². The highest BCUT2D eigenvalue weighted by Gasteiger charge is 2.42. The third-order valence-electron chi connectivity index (χ3n) is 5.27. The summed E-state index contributed by atoms with van der Waals surface area (Å²) in [6, 6.07) is 6.88. The summed E-state index contributed by atoms with van der Waals surface area (Å²) in [7, 11) is 0. The Kier molecular flexibility index (Phi) is 7.21. The first kappa shape index (κ1) is 24.7. The van der Waals surface area contributed by atoms with Crippen LogP contribution in [0, 0.1) is 0 Å². The number of Topliss-reactive ketones (excluding diaryl/α,β-unsaturated/α-hetero) is 1. The molecule has 0 saturated carbocycles. The van der Waals surface area contributed by atoms with Gasteiger partial charge >= 0.3 is 11.6 Å². The van der Waals surface area contributed by atoms with Crippen molar-refractivity contribution >= 4 is 28.6 Å². The van der Waals surface area contributed by atoms with E-state index in [-0.39, 0.29) is 24.5 Å². The molecule has 0 bridgehead atoms. The summed E-state index contributed by atoms with van der Waals surface area (Å²) >= 11 is 0. The van der Waals surface area contributed by atoms with E-state index in [0.29, 0.717) is 22.7 Å². The number of carboxylic acids is 1. The second-order valence-electron chi connectivity index (χ2n) is 8.34. The molecule has 0 radical (unpaired) electrons. The van der Waals surface area contributed by atoms with Gasteiger partial charge in [0.25, 0.3) is 0 Å². The van der Waals surface area contributed by atoms with Crippen molar-refractivity contribution in [1.29, 1.82) is 0 Å². The van der Waals surface area contributed by atoms with Crippen molar-refractivity contribution in [3.63, 3.8) is 0 Å². The van der Waals surface area contributed by atoms with E-state index in [9.17, 15) is 24.3 Å². The van der Waals surface area contributed by atoms with Gasteiger partial charge in [0.15, 0.2) is 5.60 Å². The largest absolute Gasteiger partial charge is 0.489 e. The van der Waals surface area contributed by atoms with Crippen molar-refractivity contribution in [2.24, 2.45) is 5.73 Å². The molecule has 0 fully saturated rings. The van der Waals surface area contributed by atoms with Crippen LogP contribution in [0.3, 0.4) is 0 Å². The quantitative estimate of drug-likeness (QED) is 0.439. The molecule has 0 spiro atoms. The third kappa shape index (κ3) is 5.70. The van der Waals surface area contributed by atoms with E-state index in [1.807, 2.05) is 0 Å². The number of carboxylic acid groups (broad SMARTS) is 1. The van der Waals surface area contributed by atoms with Crippen LogP contribution in [0.2, 0.25) is 0 Å². The van der Waals surface area contributed by atoms with E-state index in [1.165, 1.54) is 6.07 Å². The van der Waals surface area contributed by atoms with E-state index < -0.39 is 35.6 Å². The number of aliphatic carboxylic acids is 1. The minimum atomic E-state index is -1.25. The molecule has 1 aromatic heterocycles. The molecular weight excluding hydrogens is 444 g/mol. The molecule has 2 aromatic rings. The van der Waals surface area contributed by atoms with Crippen molar-refractivity contribution in [2.75, 3.05) is 13.2 Å². The molecule has 1 aliphatic rings. The Balaban J connectivity index is 1.76. The predicted molar refractivity (Wildman–Crippen MR) is 122 cm³/mol. The number of hydrogen-bond acceptors (Lipinski definition) is 8. The lowest BCUT2D eigenvalue weighted by atomic mass is 9.97. The lowest BCUT2D eigenvalue weighted by Gasteiger charge is -2.18. The Morgan fingerprint density at radius 3 is 2.62 bits per heavy atom. The first-order chi connectivity index (χ1) is 16.0. The molecule has 3 rings (SSSR count). The molecule has 34 heavy (non-hydrogen) atoms. The molecule has 1 aromatic carbocycles. The van der Waals surface area contributed by atoms with E-state index in [4.69, 9.17) is 19.6 Å². The molecule has 1 unspecified atom stereocenters. The number of nitrogens with two attached hydrogens (primary N) is 1. The van der Waals surface area contributed by atoms with Gasteiger partial charge in [0.2, 0.25) is 11.7 Å². The molecule has 10 nitrogen and oxygen atoms in total. The first-order valence-electron chi connectivity index (χ1n) is 10.5. The maximum atomic E-state index is 12.8. The highest BCUT2D eigenvalue weighted by atomic mass is 16.5. The van der Waals surface area contributed by atoms with E-state index in [2.05, 4.69) is 5.32 Å². The van der Waals surface area contributed by atoms with Crippen LogP contribution in [0.25, 0.3) is 11.0 Å². The van der Waals surface area contributed by atoms with Crippen LogP contribution in [0.5, 0.6) is 5.75 Å². The second kappa shape index (κ2) is 9.92. The van der Waals surface area contributed by atoms with Gasteiger partial charge in [-0.05, 0) is 50.6 Å². The number of carbonyl (C=O) groups excluding carboxylic acids is 2. The molecule has 1 aliphatic heterocycles. The maximum Gasteiger partial charge on any atom is 0.336 e. The topological polar surface area (TPSA) is 158 Å². The van der Waals surface area contributed by atoms with Crippen molar-refractivity contribution in [1.82, 2.24) is 5.32 Å². The van der Waals surface area contributed by atoms with Gasteiger partial charge in [0, 0.05) is 24.1 Å². The van der Waals surface area contributed by atoms with Crippen molar-refractivity contribution < 1.29 is 33.4 Å².